The second-order valence-electron chi connectivity index (χ2n) is 7.05. The van der Waals surface area contributed by atoms with Crippen molar-refractivity contribution in [1.82, 2.24) is 0 Å². The summed E-state index contributed by atoms with van der Waals surface area (Å²) in [6.07, 6.45) is 1.17. The summed E-state index contributed by atoms with van der Waals surface area (Å²) in [6, 6.07) is 9.80. The van der Waals surface area contributed by atoms with Gasteiger partial charge in [-0.1, -0.05) is 29.3 Å². The topological polar surface area (TPSA) is 78.9 Å². The van der Waals surface area contributed by atoms with Gasteiger partial charge in [0.05, 0.1) is 9.92 Å². The van der Waals surface area contributed by atoms with Crippen molar-refractivity contribution in [2.45, 2.75) is 42.4 Å². The number of sulfone groups is 1. The van der Waals surface area contributed by atoms with E-state index < -0.39 is 20.6 Å². The first-order valence-corrected chi connectivity index (χ1v) is 10.8. The summed E-state index contributed by atoms with van der Waals surface area (Å²) in [5.41, 5.74) is 1.55. The number of esters is 1. The maximum absolute atomic E-state index is 13.1. The summed E-state index contributed by atoms with van der Waals surface area (Å²) in [5.74, 6) is 0.200. The van der Waals surface area contributed by atoms with Gasteiger partial charge in [-0.3, -0.25) is 4.79 Å². The van der Waals surface area contributed by atoms with Gasteiger partial charge in [-0.25, -0.2) is 8.42 Å². The molecule has 2 aromatic carbocycles. The quantitative estimate of drug-likeness (QED) is 0.681. The fourth-order valence-corrected chi connectivity index (χ4v) is 5.75. The summed E-state index contributed by atoms with van der Waals surface area (Å²) in [4.78, 5) is 13.0. The highest BCUT2D eigenvalue weighted by Crippen LogP contribution is 2.44. The third kappa shape index (κ3) is 3.02. The number of ether oxygens (including phenoxy) is 3. The number of hydrogen-bond donors (Lipinski definition) is 0. The Morgan fingerprint density at radius 3 is 2.54 bits per heavy atom. The van der Waals surface area contributed by atoms with E-state index in [-0.39, 0.29) is 31.1 Å². The molecule has 0 spiro atoms. The molecule has 0 saturated heterocycles. The summed E-state index contributed by atoms with van der Waals surface area (Å²) in [7, 11) is -3.85. The molecular formula is C20H19ClO6S. The van der Waals surface area contributed by atoms with E-state index in [0.717, 1.165) is 5.56 Å². The van der Waals surface area contributed by atoms with Crippen LogP contribution in [0.15, 0.2) is 41.3 Å². The smallest absolute Gasteiger partial charge is 0.328 e. The van der Waals surface area contributed by atoms with Gasteiger partial charge in [0.2, 0.25) is 6.79 Å². The highest BCUT2D eigenvalue weighted by atomic mass is 35.5. The molecule has 8 heteroatoms. The molecule has 2 aromatic rings. The maximum Gasteiger partial charge on any atom is 0.328 e. The number of hydrogen-bond acceptors (Lipinski definition) is 6. The molecule has 148 valence electrons. The molecule has 28 heavy (non-hydrogen) atoms. The van der Waals surface area contributed by atoms with Crippen molar-refractivity contribution in [2.24, 2.45) is 0 Å². The average molecular weight is 423 g/mol. The number of fused-ring (bicyclic) bond motifs is 1. The minimum absolute atomic E-state index is 0.0796. The molecule has 0 radical (unpaired) electrons. The Morgan fingerprint density at radius 1 is 1.18 bits per heavy atom. The van der Waals surface area contributed by atoms with E-state index in [1.165, 1.54) is 12.1 Å². The molecule has 0 atom stereocenters. The van der Waals surface area contributed by atoms with Gasteiger partial charge in [-0.05, 0) is 56.0 Å². The lowest BCUT2D eigenvalue weighted by Gasteiger charge is -2.38. The number of aryl methyl sites for hydroxylation is 1. The van der Waals surface area contributed by atoms with Crippen LogP contribution < -0.4 is 9.47 Å². The summed E-state index contributed by atoms with van der Waals surface area (Å²) in [5, 5.41) is 0.353. The van der Waals surface area contributed by atoms with Crippen LogP contribution in [0.4, 0.5) is 0 Å². The molecule has 0 amide bonds. The van der Waals surface area contributed by atoms with Gasteiger partial charge in [0.25, 0.3) is 0 Å². The van der Waals surface area contributed by atoms with Crippen molar-refractivity contribution in [2.75, 3.05) is 6.79 Å². The minimum Gasteiger partial charge on any atom is -0.460 e. The molecule has 1 fully saturated rings. The second kappa shape index (κ2) is 6.97. The molecule has 0 unspecified atom stereocenters. The van der Waals surface area contributed by atoms with E-state index in [2.05, 4.69) is 0 Å². The Kier molecular flexibility index (Phi) is 4.75. The van der Waals surface area contributed by atoms with Gasteiger partial charge < -0.3 is 14.2 Å². The lowest BCUT2D eigenvalue weighted by atomic mass is 9.84. The van der Waals surface area contributed by atoms with Gasteiger partial charge in [-0.15, -0.1) is 0 Å². The molecule has 0 aromatic heterocycles. The third-order valence-electron chi connectivity index (χ3n) is 5.24. The van der Waals surface area contributed by atoms with Gasteiger partial charge >= 0.3 is 5.97 Å². The fourth-order valence-electron chi connectivity index (χ4n) is 3.41. The summed E-state index contributed by atoms with van der Waals surface area (Å²) >= 11 is 6.14. The predicted octanol–water partition coefficient (Wildman–Crippen LogP) is 3.82. The zero-order chi connectivity index (χ0) is 19.9. The van der Waals surface area contributed by atoms with Gasteiger partial charge in [0.15, 0.2) is 26.1 Å². The zero-order valence-corrected chi connectivity index (χ0v) is 16.8. The molecular weight excluding hydrogens is 404 g/mol. The maximum atomic E-state index is 13.1. The van der Waals surface area contributed by atoms with Crippen molar-refractivity contribution in [1.29, 1.82) is 0 Å². The number of benzene rings is 2. The van der Waals surface area contributed by atoms with Crippen LogP contribution in [0, 0.1) is 6.92 Å². The SMILES string of the molecule is Cc1ccc(S(=O)(=O)C2(C(=O)OCc3cc(Cl)c4c(c3)OCO4)CCC2)cc1. The highest BCUT2D eigenvalue weighted by molar-refractivity contribution is 7.93. The van der Waals surface area contributed by atoms with E-state index in [1.54, 1.807) is 24.3 Å². The highest BCUT2D eigenvalue weighted by Gasteiger charge is 2.57. The van der Waals surface area contributed by atoms with Crippen molar-refractivity contribution in [3.8, 4) is 11.5 Å². The minimum atomic E-state index is -3.85. The Bertz CT molecular complexity index is 1030. The standard InChI is InChI=1S/C20H19ClO6S/c1-13-3-5-15(6-4-13)28(23,24)20(7-2-8-20)19(22)25-11-14-9-16(21)18-17(10-14)26-12-27-18/h3-6,9-10H,2,7-8,11-12H2,1H3. The number of halogens is 1. The number of carbonyl (C=O) groups is 1. The molecule has 0 bridgehead atoms. The predicted molar refractivity (Wildman–Crippen MR) is 102 cm³/mol. The van der Waals surface area contributed by atoms with Crippen molar-refractivity contribution in [3.05, 3.63) is 52.5 Å². The molecule has 6 nitrogen and oxygen atoms in total. The molecule has 1 aliphatic carbocycles. The molecule has 1 aliphatic heterocycles. The molecule has 2 aliphatic rings. The first-order valence-electron chi connectivity index (χ1n) is 8.90. The first kappa shape index (κ1) is 19.1. The lowest BCUT2D eigenvalue weighted by Crippen LogP contribution is -2.52. The molecule has 1 saturated carbocycles. The van der Waals surface area contributed by atoms with Crippen LogP contribution in [0.3, 0.4) is 0 Å². The summed E-state index contributed by atoms with van der Waals surface area (Å²) < 4.78 is 40.7. The van der Waals surface area contributed by atoms with Crippen LogP contribution >= 0.6 is 11.6 Å². The summed E-state index contributed by atoms with van der Waals surface area (Å²) in [6.45, 7) is 1.86. The Labute approximate surface area is 168 Å². The largest absolute Gasteiger partial charge is 0.460 e. The molecule has 4 rings (SSSR count). The van der Waals surface area contributed by atoms with Crippen LogP contribution in [0.2, 0.25) is 5.02 Å². The van der Waals surface area contributed by atoms with E-state index in [1.807, 2.05) is 6.92 Å². The molecule has 0 N–H and O–H groups in total. The fraction of sp³-hybridized carbons (Fsp3) is 0.350. The normalized spacial score (nSPS) is 17.1. The molecule has 1 heterocycles. The second-order valence-corrected chi connectivity index (χ2v) is 9.72. The lowest BCUT2D eigenvalue weighted by molar-refractivity contribution is -0.150. The van der Waals surface area contributed by atoms with Gasteiger partial charge in [0.1, 0.15) is 6.61 Å². The van der Waals surface area contributed by atoms with Crippen molar-refractivity contribution in [3.63, 3.8) is 0 Å². The Balaban J connectivity index is 1.55. The van der Waals surface area contributed by atoms with E-state index in [4.69, 9.17) is 25.8 Å². The number of carbonyl (C=O) groups excluding carboxylic acids is 1. The van der Waals surface area contributed by atoms with Crippen LogP contribution in [-0.2, 0) is 26.0 Å². The Morgan fingerprint density at radius 2 is 1.89 bits per heavy atom. The van der Waals surface area contributed by atoms with Crippen LogP contribution in [0.5, 0.6) is 11.5 Å². The Hall–Kier alpha value is -2.25. The van der Waals surface area contributed by atoms with Gasteiger partial charge in [-0.2, -0.15) is 0 Å². The van der Waals surface area contributed by atoms with Crippen LogP contribution in [0.1, 0.15) is 30.4 Å². The first-order chi connectivity index (χ1) is 13.3. The zero-order valence-electron chi connectivity index (χ0n) is 15.2. The monoisotopic (exact) mass is 422 g/mol. The van der Waals surface area contributed by atoms with Crippen LogP contribution in [-0.4, -0.2) is 25.9 Å². The third-order valence-corrected chi connectivity index (χ3v) is 8.01. The van der Waals surface area contributed by atoms with Crippen LogP contribution in [0.25, 0.3) is 0 Å². The van der Waals surface area contributed by atoms with Gasteiger partial charge in [0, 0.05) is 0 Å². The average Bonchev–Trinajstić information content (AvgIpc) is 3.08. The number of rotatable bonds is 5. The van der Waals surface area contributed by atoms with E-state index >= 15 is 0 Å². The van der Waals surface area contributed by atoms with Crippen molar-refractivity contribution >= 4 is 27.4 Å². The van der Waals surface area contributed by atoms with Crippen molar-refractivity contribution < 1.29 is 27.4 Å². The van der Waals surface area contributed by atoms with E-state index in [9.17, 15) is 13.2 Å². The van der Waals surface area contributed by atoms with E-state index in [0.29, 0.717) is 28.5 Å².